The molecule has 2 aliphatic heterocycles. The Morgan fingerprint density at radius 2 is 1.72 bits per heavy atom. The molecule has 2 aromatic carbocycles. The fourth-order valence-corrected chi connectivity index (χ4v) is 6.18. The van der Waals surface area contributed by atoms with Crippen molar-refractivity contribution in [2.24, 2.45) is 0 Å². The molecule has 4 rings (SSSR count). The normalized spacial score (nSPS) is 21.0. The van der Waals surface area contributed by atoms with Gasteiger partial charge in [0.25, 0.3) is 0 Å². The Labute approximate surface area is 191 Å². The molecule has 0 aromatic heterocycles. The highest BCUT2D eigenvalue weighted by atomic mass is 32.2. The summed E-state index contributed by atoms with van der Waals surface area (Å²) in [6.45, 7) is 5.27. The molecule has 0 saturated carbocycles. The van der Waals surface area contributed by atoms with Crippen LogP contribution in [0.25, 0.3) is 0 Å². The molecule has 2 unspecified atom stereocenters. The zero-order valence-corrected chi connectivity index (χ0v) is 19.6. The number of carbonyl (C=O) groups excluding carboxylic acids is 1. The van der Waals surface area contributed by atoms with E-state index in [4.69, 9.17) is 0 Å². The lowest BCUT2D eigenvalue weighted by Gasteiger charge is -2.24. The smallest absolute Gasteiger partial charge is 0.243 e. The van der Waals surface area contributed by atoms with Gasteiger partial charge in [-0.25, -0.2) is 8.42 Å². The van der Waals surface area contributed by atoms with Crippen molar-refractivity contribution in [3.05, 3.63) is 65.7 Å². The topological polar surface area (TPSA) is 69.7 Å². The van der Waals surface area contributed by atoms with Gasteiger partial charge in [0.1, 0.15) is 0 Å². The van der Waals surface area contributed by atoms with Gasteiger partial charge in [-0.2, -0.15) is 4.31 Å². The van der Waals surface area contributed by atoms with Crippen LogP contribution >= 0.6 is 0 Å². The number of sulfonamides is 1. The zero-order chi connectivity index (χ0) is 22.6. The van der Waals surface area contributed by atoms with E-state index in [0.717, 1.165) is 37.9 Å². The molecule has 0 spiro atoms. The molecule has 2 heterocycles. The molecule has 1 amide bonds. The number of hydrogen-bond donors (Lipinski definition) is 1. The minimum Gasteiger partial charge on any atom is -0.352 e. The first kappa shape index (κ1) is 23.0. The van der Waals surface area contributed by atoms with Gasteiger partial charge in [-0.3, -0.25) is 9.69 Å². The van der Waals surface area contributed by atoms with E-state index >= 15 is 0 Å². The molecule has 0 bridgehead atoms. The van der Waals surface area contributed by atoms with E-state index in [-0.39, 0.29) is 11.9 Å². The van der Waals surface area contributed by atoms with E-state index in [0.29, 0.717) is 36.9 Å². The fraction of sp³-hybridized carbons (Fsp3) is 0.480. The lowest BCUT2D eigenvalue weighted by atomic mass is 10.1. The van der Waals surface area contributed by atoms with Crippen LogP contribution < -0.4 is 5.32 Å². The Kier molecular flexibility index (Phi) is 7.28. The van der Waals surface area contributed by atoms with E-state index in [1.54, 1.807) is 16.4 Å². The van der Waals surface area contributed by atoms with Gasteiger partial charge in [0.05, 0.1) is 4.90 Å². The number of aryl methyl sites for hydroxylation is 1. The van der Waals surface area contributed by atoms with Crippen LogP contribution in [0, 0.1) is 0 Å². The third kappa shape index (κ3) is 5.39. The van der Waals surface area contributed by atoms with E-state index in [1.165, 1.54) is 5.56 Å². The zero-order valence-electron chi connectivity index (χ0n) is 18.7. The average molecular weight is 456 g/mol. The summed E-state index contributed by atoms with van der Waals surface area (Å²) in [4.78, 5) is 15.2. The van der Waals surface area contributed by atoms with Gasteiger partial charge in [0.2, 0.25) is 15.9 Å². The minimum absolute atomic E-state index is 0.0537. The summed E-state index contributed by atoms with van der Waals surface area (Å²) < 4.78 is 26.8. The molecule has 1 N–H and O–H groups in total. The van der Waals surface area contributed by atoms with E-state index in [9.17, 15) is 13.2 Å². The predicted molar refractivity (Wildman–Crippen MR) is 126 cm³/mol. The van der Waals surface area contributed by atoms with Gasteiger partial charge < -0.3 is 5.32 Å². The van der Waals surface area contributed by atoms with Gasteiger partial charge in [-0.05, 0) is 55.9 Å². The second-order valence-corrected chi connectivity index (χ2v) is 10.8. The molecule has 2 aromatic rings. The summed E-state index contributed by atoms with van der Waals surface area (Å²) in [5, 5.41) is 3.17. The van der Waals surface area contributed by atoms with Crippen molar-refractivity contribution in [1.29, 1.82) is 0 Å². The maximum absolute atomic E-state index is 12.6. The fourth-order valence-electron chi connectivity index (χ4n) is 4.66. The molecular weight excluding hydrogens is 422 g/mol. The molecule has 2 atom stereocenters. The molecule has 2 aliphatic rings. The Balaban J connectivity index is 1.24. The van der Waals surface area contributed by atoms with Gasteiger partial charge in [0.15, 0.2) is 0 Å². The quantitative estimate of drug-likeness (QED) is 0.663. The third-order valence-electron chi connectivity index (χ3n) is 6.68. The Bertz CT molecular complexity index is 1000. The van der Waals surface area contributed by atoms with Crippen molar-refractivity contribution in [1.82, 2.24) is 14.5 Å². The third-order valence-corrected chi connectivity index (χ3v) is 8.59. The summed E-state index contributed by atoms with van der Waals surface area (Å²) in [6.07, 6.45) is 3.83. The van der Waals surface area contributed by atoms with Crippen LogP contribution in [0.4, 0.5) is 0 Å². The monoisotopic (exact) mass is 455 g/mol. The number of rotatable bonds is 8. The number of nitrogens with zero attached hydrogens (tertiary/aromatic N) is 2. The average Bonchev–Trinajstić information content (AvgIpc) is 3.51. The van der Waals surface area contributed by atoms with Gasteiger partial charge in [-0.15, -0.1) is 0 Å². The number of likely N-dealkylation sites (tertiary alicyclic amines) is 1. The highest BCUT2D eigenvalue weighted by molar-refractivity contribution is 7.89. The summed E-state index contributed by atoms with van der Waals surface area (Å²) in [5.41, 5.74) is 2.28. The van der Waals surface area contributed by atoms with Crippen molar-refractivity contribution in [3.63, 3.8) is 0 Å². The van der Waals surface area contributed by atoms with Gasteiger partial charge in [0, 0.05) is 44.7 Å². The van der Waals surface area contributed by atoms with E-state index in [2.05, 4.69) is 41.4 Å². The molecule has 2 fully saturated rings. The highest BCUT2D eigenvalue weighted by Crippen LogP contribution is 2.25. The second-order valence-electron chi connectivity index (χ2n) is 8.89. The highest BCUT2D eigenvalue weighted by Gasteiger charge is 2.28. The molecule has 32 heavy (non-hydrogen) atoms. The van der Waals surface area contributed by atoms with Crippen LogP contribution in [0.1, 0.15) is 49.8 Å². The Morgan fingerprint density at radius 3 is 2.41 bits per heavy atom. The van der Waals surface area contributed by atoms with Crippen LogP contribution in [0.2, 0.25) is 0 Å². The molecule has 7 heteroatoms. The molecule has 0 aliphatic carbocycles. The van der Waals surface area contributed by atoms with Crippen molar-refractivity contribution < 1.29 is 13.2 Å². The standard InChI is InChI=1S/C25H33N3O3S/c1-20(22-7-3-2-4-8-22)27-18-15-23(19-27)26-25(29)14-11-21-9-12-24(13-10-21)32(30,31)28-16-5-6-17-28/h2-4,7-10,12-13,20,23H,5-6,11,14-19H2,1H3,(H,26,29). The van der Waals surface area contributed by atoms with Crippen molar-refractivity contribution >= 4 is 15.9 Å². The number of benzene rings is 2. The summed E-state index contributed by atoms with van der Waals surface area (Å²) in [7, 11) is -3.39. The predicted octanol–water partition coefficient (Wildman–Crippen LogP) is 3.36. The summed E-state index contributed by atoms with van der Waals surface area (Å²) in [5.74, 6) is 0.0537. The Morgan fingerprint density at radius 1 is 1.03 bits per heavy atom. The minimum atomic E-state index is -3.39. The number of nitrogens with one attached hydrogen (secondary N) is 1. The van der Waals surface area contributed by atoms with Crippen LogP contribution in [0.15, 0.2) is 59.5 Å². The SMILES string of the molecule is CC(c1ccccc1)N1CCC(NC(=O)CCc2ccc(S(=O)(=O)N3CCCC3)cc2)C1. The first-order valence-corrected chi connectivity index (χ1v) is 13.0. The van der Waals surface area contributed by atoms with Gasteiger partial charge >= 0.3 is 0 Å². The first-order chi connectivity index (χ1) is 15.4. The molecular formula is C25H33N3O3S. The van der Waals surface area contributed by atoms with Crippen LogP contribution in [0.5, 0.6) is 0 Å². The molecule has 6 nitrogen and oxygen atoms in total. The maximum atomic E-state index is 12.6. The molecule has 0 radical (unpaired) electrons. The van der Waals surface area contributed by atoms with Crippen LogP contribution in [-0.2, 0) is 21.2 Å². The number of carbonyl (C=O) groups is 1. The number of hydrogen-bond acceptors (Lipinski definition) is 4. The van der Waals surface area contributed by atoms with Crippen molar-refractivity contribution in [3.8, 4) is 0 Å². The maximum Gasteiger partial charge on any atom is 0.243 e. The lowest BCUT2D eigenvalue weighted by Crippen LogP contribution is -2.37. The Hall–Kier alpha value is -2.22. The summed E-state index contributed by atoms with van der Waals surface area (Å²) >= 11 is 0. The van der Waals surface area contributed by atoms with Crippen LogP contribution in [0.3, 0.4) is 0 Å². The van der Waals surface area contributed by atoms with Crippen LogP contribution in [-0.4, -0.2) is 55.8 Å². The molecule has 172 valence electrons. The molecule has 2 saturated heterocycles. The summed E-state index contributed by atoms with van der Waals surface area (Å²) in [6, 6.07) is 18.0. The van der Waals surface area contributed by atoms with E-state index in [1.807, 2.05) is 18.2 Å². The van der Waals surface area contributed by atoms with E-state index < -0.39 is 10.0 Å². The number of amides is 1. The van der Waals surface area contributed by atoms with Crippen molar-refractivity contribution in [2.75, 3.05) is 26.2 Å². The van der Waals surface area contributed by atoms with Gasteiger partial charge in [-0.1, -0.05) is 42.5 Å². The first-order valence-electron chi connectivity index (χ1n) is 11.6. The van der Waals surface area contributed by atoms with Crippen molar-refractivity contribution in [2.45, 2.75) is 56.0 Å². The largest absolute Gasteiger partial charge is 0.352 e. The second kappa shape index (κ2) is 10.1. The lowest BCUT2D eigenvalue weighted by molar-refractivity contribution is -0.121.